The van der Waals surface area contributed by atoms with E-state index < -0.39 is 0 Å². The van der Waals surface area contributed by atoms with Crippen molar-refractivity contribution in [3.05, 3.63) is 11.1 Å². The van der Waals surface area contributed by atoms with Gasteiger partial charge in [0.25, 0.3) is 0 Å². The molecule has 1 aromatic rings. The Hall–Kier alpha value is -0.560. The van der Waals surface area contributed by atoms with Gasteiger partial charge in [0, 0.05) is 43.7 Å². The first-order valence-electron chi connectivity index (χ1n) is 9.33. The van der Waals surface area contributed by atoms with Crippen LogP contribution in [0.4, 0.5) is 5.13 Å². The van der Waals surface area contributed by atoms with Crippen LogP contribution in [0.2, 0.25) is 0 Å². The second-order valence-electron chi connectivity index (χ2n) is 7.27. The Morgan fingerprint density at radius 3 is 2.38 bits per heavy atom. The Balaban J connectivity index is 0.00000169. The molecule has 1 saturated carbocycles. The monoisotopic (exact) mass is 422 g/mol. The van der Waals surface area contributed by atoms with Crippen LogP contribution < -0.4 is 10.6 Å². The van der Waals surface area contributed by atoms with Crippen LogP contribution in [0.25, 0.3) is 0 Å². The van der Waals surface area contributed by atoms with Crippen molar-refractivity contribution < 1.29 is 4.79 Å². The molecule has 3 rings (SSSR count). The number of carbonyl (C=O) groups is 1. The number of nitrogens with two attached hydrogens (primary N) is 1. The number of thiazole rings is 1. The molecule has 1 aromatic heterocycles. The van der Waals surface area contributed by atoms with Gasteiger partial charge in [-0.3, -0.25) is 4.79 Å². The van der Waals surface area contributed by atoms with Crippen molar-refractivity contribution in [2.75, 3.05) is 37.6 Å². The van der Waals surface area contributed by atoms with Gasteiger partial charge in [0.05, 0.1) is 0 Å². The zero-order chi connectivity index (χ0) is 17.0. The van der Waals surface area contributed by atoms with Crippen LogP contribution in [-0.2, 0) is 11.2 Å². The van der Waals surface area contributed by atoms with E-state index in [1.54, 1.807) is 11.3 Å². The molecule has 26 heavy (non-hydrogen) atoms. The summed E-state index contributed by atoms with van der Waals surface area (Å²) < 4.78 is 0. The van der Waals surface area contributed by atoms with Crippen molar-refractivity contribution in [2.24, 2.45) is 11.1 Å². The van der Waals surface area contributed by atoms with E-state index in [1.807, 2.05) is 11.1 Å². The highest BCUT2D eigenvalue weighted by Crippen LogP contribution is 2.39. The van der Waals surface area contributed by atoms with E-state index in [9.17, 15) is 4.79 Å². The molecule has 0 aromatic carbocycles. The number of piperazine rings is 1. The minimum atomic E-state index is 0. The second-order valence-corrected chi connectivity index (χ2v) is 8.37. The van der Waals surface area contributed by atoms with Gasteiger partial charge in [0.2, 0.25) is 5.91 Å². The predicted molar refractivity (Wildman–Crippen MR) is 114 cm³/mol. The molecular formula is C18H32Cl2N4OS. The first kappa shape index (κ1) is 23.5. The van der Waals surface area contributed by atoms with E-state index in [1.165, 1.54) is 24.1 Å². The largest absolute Gasteiger partial charge is 0.345 e. The van der Waals surface area contributed by atoms with Crippen LogP contribution in [-0.4, -0.2) is 48.5 Å². The Morgan fingerprint density at radius 2 is 1.85 bits per heavy atom. The van der Waals surface area contributed by atoms with Crippen molar-refractivity contribution in [1.82, 2.24) is 9.88 Å². The van der Waals surface area contributed by atoms with Gasteiger partial charge in [-0.25, -0.2) is 4.98 Å². The molecule has 2 aliphatic rings. The lowest BCUT2D eigenvalue weighted by molar-refractivity contribution is -0.134. The Morgan fingerprint density at radius 1 is 1.19 bits per heavy atom. The van der Waals surface area contributed by atoms with E-state index >= 15 is 0 Å². The molecule has 0 spiro atoms. The Labute approximate surface area is 173 Å². The number of anilines is 1. The molecule has 2 N–H and O–H groups in total. The van der Waals surface area contributed by atoms with Gasteiger partial charge in [-0.1, -0.05) is 26.2 Å². The summed E-state index contributed by atoms with van der Waals surface area (Å²) in [6.07, 6.45) is 9.64. The van der Waals surface area contributed by atoms with E-state index in [0.717, 1.165) is 50.6 Å². The molecular weight excluding hydrogens is 391 g/mol. The number of halogens is 2. The van der Waals surface area contributed by atoms with Crippen LogP contribution in [0, 0.1) is 5.41 Å². The first-order chi connectivity index (χ1) is 11.7. The van der Waals surface area contributed by atoms with Crippen LogP contribution >= 0.6 is 36.2 Å². The third kappa shape index (κ3) is 5.47. The number of hydrogen-bond acceptors (Lipinski definition) is 5. The van der Waals surface area contributed by atoms with E-state index in [4.69, 9.17) is 5.73 Å². The maximum absolute atomic E-state index is 12.8. The lowest BCUT2D eigenvalue weighted by Gasteiger charge is -2.39. The summed E-state index contributed by atoms with van der Waals surface area (Å²) in [4.78, 5) is 23.0. The van der Waals surface area contributed by atoms with Crippen molar-refractivity contribution in [3.63, 3.8) is 0 Å². The quantitative estimate of drug-likeness (QED) is 0.788. The summed E-state index contributed by atoms with van der Waals surface area (Å²) in [5, 5.41) is 1.10. The van der Waals surface area contributed by atoms with Gasteiger partial charge in [-0.15, -0.1) is 36.2 Å². The highest BCUT2D eigenvalue weighted by Gasteiger charge is 2.35. The Bertz CT molecular complexity index is 555. The predicted octanol–water partition coefficient (Wildman–Crippen LogP) is 3.50. The van der Waals surface area contributed by atoms with Gasteiger partial charge >= 0.3 is 0 Å². The summed E-state index contributed by atoms with van der Waals surface area (Å²) in [6, 6.07) is 0. The number of amides is 1. The summed E-state index contributed by atoms with van der Waals surface area (Å²) in [7, 11) is 0. The standard InChI is InChI=1S/C18H30N4OS.2ClH/c1-2-15-13-20-17(24-15)22-10-8-21(9-11-22)16(23)12-18(14-19)6-4-3-5-7-18;;/h13H,2-12,14,19H2,1H3;2*1H. The topological polar surface area (TPSA) is 62.5 Å². The zero-order valence-corrected chi connectivity index (χ0v) is 18.1. The summed E-state index contributed by atoms with van der Waals surface area (Å²) >= 11 is 1.78. The molecule has 1 saturated heterocycles. The third-order valence-electron chi connectivity index (χ3n) is 5.67. The SMILES string of the molecule is CCc1cnc(N2CCN(C(=O)CC3(CN)CCCCC3)CC2)s1.Cl.Cl. The van der Waals surface area contributed by atoms with Gasteiger partial charge in [0.1, 0.15) is 0 Å². The number of aromatic nitrogens is 1. The molecule has 1 aliphatic heterocycles. The molecule has 150 valence electrons. The average Bonchev–Trinajstić information content (AvgIpc) is 3.12. The lowest BCUT2D eigenvalue weighted by Crippen LogP contribution is -2.50. The van der Waals surface area contributed by atoms with Crippen molar-refractivity contribution in [1.29, 1.82) is 0 Å². The highest BCUT2D eigenvalue weighted by atomic mass is 35.5. The molecule has 2 heterocycles. The fourth-order valence-electron chi connectivity index (χ4n) is 3.94. The number of hydrogen-bond donors (Lipinski definition) is 1. The molecule has 0 radical (unpaired) electrons. The fraction of sp³-hybridized carbons (Fsp3) is 0.778. The van der Waals surface area contributed by atoms with Gasteiger partial charge in [0.15, 0.2) is 5.13 Å². The molecule has 8 heteroatoms. The van der Waals surface area contributed by atoms with E-state index in [0.29, 0.717) is 18.9 Å². The third-order valence-corrected chi connectivity index (χ3v) is 6.87. The molecule has 2 fully saturated rings. The molecule has 0 atom stereocenters. The van der Waals surface area contributed by atoms with Crippen molar-refractivity contribution >= 4 is 47.2 Å². The van der Waals surface area contributed by atoms with Gasteiger partial charge in [-0.05, 0) is 31.2 Å². The summed E-state index contributed by atoms with van der Waals surface area (Å²) in [5.74, 6) is 0.301. The fourth-order valence-corrected chi connectivity index (χ4v) is 4.84. The number of aryl methyl sites for hydroxylation is 1. The smallest absolute Gasteiger partial charge is 0.223 e. The number of carbonyl (C=O) groups excluding carboxylic acids is 1. The average molecular weight is 423 g/mol. The van der Waals surface area contributed by atoms with Crippen LogP contribution in [0.5, 0.6) is 0 Å². The molecule has 1 aliphatic carbocycles. The number of rotatable bonds is 5. The molecule has 5 nitrogen and oxygen atoms in total. The summed E-state index contributed by atoms with van der Waals surface area (Å²) in [5.41, 5.74) is 6.11. The molecule has 1 amide bonds. The first-order valence-corrected chi connectivity index (χ1v) is 10.1. The van der Waals surface area contributed by atoms with Gasteiger partial charge in [-0.2, -0.15) is 0 Å². The maximum atomic E-state index is 12.8. The van der Waals surface area contributed by atoms with Crippen LogP contribution in [0.15, 0.2) is 6.20 Å². The van der Waals surface area contributed by atoms with Crippen LogP contribution in [0.3, 0.4) is 0 Å². The highest BCUT2D eigenvalue weighted by molar-refractivity contribution is 7.15. The normalized spacial score (nSPS) is 19.5. The second kappa shape index (κ2) is 10.7. The zero-order valence-electron chi connectivity index (χ0n) is 15.6. The van der Waals surface area contributed by atoms with E-state index in [2.05, 4.69) is 16.8 Å². The van der Waals surface area contributed by atoms with Crippen molar-refractivity contribution in [2.45, 2.75) is 51.9 Å². The lowest BCUT2D eigenvalue weighted by atomic mass is 9.71. The summed E-state index contributed by atoms with van der Waals surface area (Å²) in [6.45, 7) is 6.20. The van der Waals surface area contributed by atoms with E-state index in [-0.39, 0.29) is 30.2 Å². The maximum Gasteiger partial charge on any atom is 0.223 e. The molecule has 0 bridgehead atoms. The number of nitrogens with zero attached hydrogens (tertiary/aromatic N) is 3. The van der Waals surface area contributed by atoms with Crippen LogP contribution in [0.1, 0.15) is 50.3 Å². The minimum Gasteiger partial charge on any atom is -0.345 e. The Kier molecular flexibility index (Phi) is 9.65. The molecule has 0 unspecified atom stereocenters. The van der Waals surface area contributed by atoms with Gasteiger partial charge < -0.3 is 15.5 Å². The minimum absolute atomic E-state index is 0. The van der Waals surface area contributed by atoms with Crippen molar-refractivity contribution in [3.8, 4) is 0 Å².